The Morgan fingerprint density at radius 2 is 1.89 bits per heavy atom. The number of rotatable bonds is 4. The van der Waals surface area contributed by atoms with Crippen molar-refractivity contribution in [2.45, 2.75) is 51.1 Å². The van der Waals surface area contributed by atoms with Gasteiger partial charge in [0, 0.05) is 43.7 Å². The van der Waals surface area contributed by atoms with Gasteiger partial charge in [0.25, 0.3) is 0 Å². The van der Waals surface area contributed by atoms with E-state index in [9.17, 15) is 4.79 Å². The number of guanidine groups is 1. The Balaban J connectivity index is 0.00000261. The van der Waals surface area contributed by atoms with Gasteiger partial charge in [-0.25, -0.2) is 0 Å². The van der Waals surface area contributed by atoms with Gasteiger partial charge >= 0.3 is 0 Å². The predicted molar refractivity (Wildman–Crippen MR) is 122 cm³/mol. The van der Waals surface area contributed by atoms with Crippen LogP contribution in [0.3, 0.4) is 0 Å². The molecule has 2 N–H and O–H groups in total. The fourth-order valence-electron chi connectivity index (χ4n) is 3.86. The molecule has 1 amide bonds. The maximum Gasteiger partial charge on any atom is 0.225 e. The lowest BCUT2D eigenvalue weighted by atomic mass is 9.88. The lowest BCUT2D eigenvalue weighted by Gasteiger charge is -2.26. The number of amides is 1. The molecule has 1 aromatic carbocycles. The molecule has 1 aliphatic heterocycles. The number of carbonyl (C=O) groups excluding carboxylic acids is 1. The maximum absolute atomic E-state index is 12.7. The van der Waals surface area contributed by atoms with Gasteiger partial charge in [0.15, 0.2) is 5.96 Å². The molecule has 3 rings (SSSR count). The Hall–Kier alpha value is -1.02. The van der Waals surface area contributed by atoms with Gasteiger partial charge in [0.2, 0.25) is 5.91 Å². The van der Waals surface area contributed by atoms with Crippen LogP contribution in [0.4, 0.5) is 0 Å². The molecule has 0 bridgehead atoms. The van der Waals surface area contributed by atoms with Crippen LogP contribution in [0.1, 0.15) is 44.1 Å². The normalized spacial score (nSPS) is 20.9. The van der Waals surface area contributed by atoms with Gasteiger partial charge in [0.05, 0.1) is 0 Å². The van der Waals surface area contributed by atoms with Gasteiger partial charge in [-0.15, -0.1) is 24.0 Å². The summed E-state index contributed by atoms with van der Waals surface area (Å²) < 4.78 is 0. The summed E-state index contributed by atoms with van der Waals surface area (Å²) in [6, 6.07) is 8.05. The summed E-state index contributed by atoms with van der Waals surface area (Å²) in [5.41, 5.74) is 1.15. The number of nitrogens with zero attached hydrogens (tertiary/aromatic N) is 2. The molecule has 0 radical (unpaired) electrons. The minimum absolute atomic E-state index is 0. The third kappa shape index (κ3) is 6.52. The van der Waals surface area contributed by atoms with Gasteiger partial charge in [-0.05, 0) is 37.0 Å². The topological polar surface area (TPSA) is 56.7 Å². The summed E-state index contributed by atoms with van der Waals surface area (Å²) in [6.07, 6.45) is 6.79. The predicted octanol–water partition coefficient (Wildman–Crippen LogP) is 3.80. The lowest BCUT2D eigenvalue weighted by Crippen LogP contribution is -2.45. The van der Waals surface area contributed by atoms with Crippen LogP contribution in [-0.2, 0) is 11.3 Å². The summed E-state index contributed by atoms with van der Waals surface area (Å²) in [4.78, 5) is 19.0. The molecular formula is C20H30ClIN4O. The number of hydrogen-bond acceptors (Lipinski definition) is 2. The first-order chi connectivity index (χ1) is 12.7. The quantitative estimate of drug-likeness (QED) is 0.373. The molecule has 1 saturated heterocycles. The molecule has 1 aromatic rings. The number of nitrogens with one attached hydrogen (secondary N) is 2. The summed E-state index contributed by atoms with van der Waals surface area (Å²) in [6.45, 7) is 2.31. The zero-order chi connectivity index (χ0) is 18.4. The van der Waals surface area contributed by atoms with Crippen molar-refractivity contribution in [1.82, 2.24) is 15.5 Å². The Kier molecular flexibility index (Phi) is 9.15. The minimum atomic E-state index is 0. The van der Waals surface area contributed by atoms with E-state index < -0.39 is 0 Å². The van der Waals surface area contributed by atoms with E-state index in [0.29, 0.717) is 12.5 Å². The fraction of sp³-hybridized carbons (Fsp3) is 0.600. The highest BCUT2D eigenvalue weighted by Crippen LogP contribution is 2.26. The van der Waals surface area contributed by atoms with Crippen molar-refractivity contribution in [2.24, 2.45) is 10.9 Å². The Labute approximate surface area is 184 Å². The van der Waals surface area contributed by atoms with Crippen molar-refractivity contribution in [3.63, 3.8) is 0 Å². The van der Waals surface area contributed by atoms with Gasteiger partial charge < -0.3 is 15.5 Å². The van der Waals surface area contributed by atoms with E-state index >= 15 is 0 Å². The number of likely N-dealkylation sites (tertiary alicyclic amines) is 1. The molecule has 0 aromatic heterocycles. The van der Waals surface area contributed by atoms with Gasteiger partial charge in [-0.1, -0.05) is 43.0 Å². The van der Waals surface area contributed by atoms with E-state index in [1.54, 1.807) is 7.05 Å². The molecule has 5 nitrogen and oxygen atoms in total. The third-order valence-electron chi connectivity index (χ3n) is 5.39. The van der Waals surface area contributed by atoms with Crippen LogP contribution >= 0.6 is 35.6 Å². The fourth-order valence-corrected chi connectivity index (χ4v) is 3.99. The SMILES string of the molecule is CN=C(NCc1ccc(Cl)cc1)NC1CCN(C(=O)C2CCCCC2)C1.I. The summed E-state index contributed by atoms with van der Waals surface area (Å²) >= 11 is 5.92. The Morgan fingerprint density at radius 1 is 1.19 bits per heavy atom. The molecule has 0 spiro atoms. The number of carbonyl (C=O) groups is 1. The number of benzene rings is 1. The van der Waals surface area contributed by atoms with Crippen molar-refractivity contribution in [1.29, 1.82) is 0 Å². The van der Waals surface area contributed by atoms with Crippen LogP contribution in [0.15, 0.2) is 29.3 Å². The van der Waals surface area contributed by atoms with E-state index in [4.69, 9.17) is 11.6 Å². The lowest BCUT2D eigenvalue weighted by molar-refractivity contribution is -0.135. The second-order valence-electron chi connectivity index (χ2n) is 7.30. The zero-order valence-electron chi connectivity index (χ0n) is 15.9. The maximum atomic E-state index is 12.7. The standard InChI is InChI=1S/C20H29ClN4O.HI/c1-22-20(23-13-15-7-9-17(21)10-8-15)24-18-11-12-25(14-18)19(26)16-5-3-2-4-6-16;/h7-10,16,18H,2-6,11-14H2,1H3,(H2,22,23,24);1H. The van der Waals surface area contributed by atoms with E-state index in [1.807, 2.05) is 29.2 Å². The Bertz CT molecular complexity index is 631. The molecule has 27 heavy (non-hydrogen) atoms. The smallest absolute Gasteiger partial charge is 0.225 e. The summed E-state index contributed by atoms with van der Waals surface area (Å²) in [7, 11) is 1.77. The van der Waals surface area contributed by atoms with Crippen LogP contribution in [0, 0.1) is 5.92 Å². The first-order valence-corrected chi connectivity index (χ1v) is 10.0. The van der Waals surface area contributed by atoms with Gasteiger partial charge in [-0.2, -0.15) is 0 Å². The molecular weight excluding hydrogens is 475 g/mol. The van der Waals surface area contributed by atoms with Crippen LogP contribution in [0.2, 0.25) is 5.02 Å². The second kappa shape index (κ2) is 11.1. The van der Waals surface area contributed by atoms with E-state index in [-0.39, 0.29) is 35.9 Å². The minimum Gasteiger partial charge on any atom is -0.352 e. The number of aliphatic imine (C=N–C) groups is 1. The van der Waals surface area contributed by atoms with Crippen LogP contribution in [0.5, 0.6) is 0 Å². The second-order valence-corrected chi connectivity index (χ2v) is 7.74. The zero-order valence-corrected chi connectivity index (χ0v) is 19.0. The highest BCUT2D eigenvalue weighted by atomic mass is 127. The molecule has 1 heterocycles. The van der Waals surface area contributed by atoms with Crippen molar-refractivity contribution < 1.29 is 4.79 Å². The van der Waals surface area contributed by atoms with Crippen molar-refractivity contribution in [2.75, 3.05) is 20.1 Å². The molecule has 1 unspecified atom stereocenters. The molecule has 150 valence electrons. The monoisotopic (exact) mass is 504 g/mol. The first-order valence-electron chi connectivity index (χ1n) is 9.66. The summed E-state index contributed by atoms with van der Waals surface area (Å²) in [5.74, 6) is 1.39. The number of hydrogen-bond donors (Lipinski definition) is 2. The van der Waals surface area contributed by atoms with Crippen LogP contribution in [-0.4, -0.2) is 42.9 Å². The highest BCUT2D eigenvalue weighted by molar-refractivity contribution is 14.0. The molecule has 2 aliphatic rings. The van der Waals surface area contributed by atoms with Gasteiger partial charge in [-0.3, -0.25) is 9.79 Å². The third-order valence-corrected chi connectivity index (χ3v) is 5.64. The largest absolute Gasteiger partial charge is 0.352 e. The van der Waals surface area contributed by atoms with Crippen LogP contribution in [0.25, 0.3) is 0 Å². The highest BCUT2D eigenvalue weighted by Gasteiger charge is 2.31. The first kappa shape index (κ1) is 22.3. The van der Waals surface area contributed by atoms with E-state index in [0.717, 1.165) is 48.9 Å². The molecule has 1 saturated carbocycles. The summed E-state index contributed by atoms with van der Waals surface area (Å²) in [5, 5.41) is 7.53. The van der Waals surface area contributed by atoms with Gasteiger partial charge in [0.1, 0.15) is 0 Å². The average molecular weight is 505 g/mol. The average Bonchev–Trinajstić information content (AvgIpc) is 3.15. The Morgan fingerprint density at radius 3 is 2.56 bits per heavy atom. The molecule has 1 atom stereocenters. The van der Waals surface area contributed by atoms with Crippen molar-refractivity contribution in [3.8, 4) is 0 Å². The molecule has 2 fully saturated rings. The molecule has 1 aliphatic carbocycles. The van der Waals surface area contributed by atoms with Crippen LogP contribution < -0.4 is 10.6 Å². The van der Waals surface area contributed by atoms with E-state index in [1.165, 1.54) is 19.3 Å². The molecule has 7 heteroatoms. The van der Waals surface area contributed by atoms with Crippen molar-refractivity contribution in [3.05, 3.63) is 34.9 Å². The van der Waals surface area contributed by atoms with E-state index in [2.05, 4.69) is 15.6 Å². The van der Waals surface area contributed by atoms with Crippen molar-refractivity contribution >= 4 is 47.4 Å². The number of halogens is 2.